The summed E-state index contributed by atoms with van der Waals surface area (Å²) in [6.45, 7) is 1.50. The van der Waals surface area contributed by atoms with E-state index in [4.69, 9.17) is 9.84 Å². The van der Waals surface area contributed by atoms with Crippen molar-refractivity contribution in [1.82, 2.24) is 5.32 Å². The normalized spacial score (nSPS) is 11.0. The number of hydrogen-bond donors (Lipinski definition) is 2. The molecule has 2 N–H and O–H groups in total. The van der Waals surface area contributed by atoms with Crippen molar-refractivity contribution in [3.8, 4) is 0 Å². The summed E-state index contributed by atoms with van der Waals surface area (Å²) in [5.41, 5.74) is 0. The second-order valence-corrected chi connectivity index (χ2v) is 5.34. The molecule has 0 fully saturated rings. The molecule has 100 valence electrons. The number of amides is 1. The number of carbonyl (C=O) groups is 1. The van der Waals surface area contributed by atoms with Crippen molar-refractivity contribution in [1.29, 1.82) is 0 Å². The number of thiophene rings is 1. The first-order valence-electron chi connectivity index (χ1n) is 5.61. The van der Waals surface area contributed by atoms with E-state index in [0.717, 1.165) is 15.8 Å². The van der Waals surface area contributed by atoms with E-state index in [1.54, 1.807) is 17.4 Å². The molecule has 6 heteroatoms. The van der Waals surface area contributed by atoms with E-state index < -0.39 is 0 Å². The van der Waals surface area contributed by atoms with Crippen LogP contribution in [0.2, 0.25) is 0 Å². The highest BCUT2D eigenvalue weighted by molar-refractivity contribution is 9.10. The first-order chi connectivity index (χ1) is 8.72. The fourth-order valence-corrected chi connectivity index (χ4v) is 2.52. The number of rotatable bonds is 8. The number of nitrogens with one attached hydrogen (secondary N) is 1. The van der Waals surface area contributed by atoms with Gasteiger partial charge < -0.3 is 15.2 Å². The molecule has 1 rings (SSSR count). The average molecular weight is 334 g/mol. The number of aliphatic hydroxyl groups is 1. The monoisotopic (exact) mass is 333 g/mol. The zero-order chi connectivity index (χ0) is 13.2. The number of halogens is 1. The maximum atomic E-state index is 11.4. The summed E-state index contributed by atoms with van der Waals surface area (Å²) >= 11 is 4.93. The highest BCUT2D eigenvalue weighted by Crippen LogP contribution is 2.20. The van der Waals surface area contributed by atoms with Gasteiger partial charge in [-0.2, -0.15) is 0 Å². The molecular weight excluding hydrogens is 318 g/mol. The number of aliphatic hydroxyl groups excluding tert-OH is 1. The molecule has 0 atom stereocenters. The maximum absolute atomic E-state index is 11.4. The van der Waals surface area contributed by atoms with Crippen LogP contribution in [0.1, 0.15) is 11.3 Å². The summed E-state index contributed by atoms with van der Waals surface area (Å²) in [6, 6.07) is 1.96. The lowest BCUT2D eigenvalue weighted by molar-refractivity contribution is -0.116. The average Bonchev–Trinajstić information content (AvgIpc) is 2.77. The molecule has 0 aromatic carbocycles. The Hall–Kier alpha value is -0.690. The summed E-state index contributed by atoms with van der Waals surface area (Å²) < 4.78 is 6.10. The van der Waals surface area contributed by atoms with E-state index in [2.05, 4.69) is 21.2 Å². The van der Waals surface area contributed by atoms with E-state index in [9.17, 15) is 4.79 Å². The lowest BCUT2D eigenvalue weighted by Crippen LogP contribution is -2.23. The second-order valence-electron chi connectivity index (χ2n) is 3.48. The van der Waals surface area contributed by atoms with E-state index in [-0.39, 0.29) is 12.5 Å². The third kappa shape index (κ3) is 6.90. The van der Waals surface area contributed by atoms with Crippen LogP contribution in [-0.2, 0) is 9.53 Å². The summed E-state index contributed by atoms with van der Waals surface area (Å²) in [7, 11) is 0. The molecule has 0 aliphatic heterocycles. The van der Waals surface area contributed by atoms with Crippen LogP contribution in [0, 0.1) is 0 Å². The lowest BCUT2D eigenvalue weighted by Gasteiger charge is -2.02. The molecule has 0 aliphatic rings. The molecule has 4 nitrogen and oxygen atoms in total. The minimum atomic E-state index is -0.110. The lowest BCUT2D eigenvalue weighted by atomic mass is 10.4. The molecule has 1 amide bonds. The van der Waals surface area contributed by atoms with Gasteiger partial charge in [-0.15, -0.1) is 11.3 Å². The van der Waals surface area contributed by atoms with Crippen LogP contribution in [0.3, 0.4) is 0 Å². The molecule has 0 spiro atoms. The third-order valence-corrected chi connectivity index (χ3v) is 3.65. The van der Waals surface area contributed by atoms with Crippen molar-refractivity contribution in [3.63, 3.8) is 0 Å². The van der Waals surface area contributed by atoms with Gasteiger partial charge in [0.25, 0.3) is 0 Å². The van der Waals surface area contributed by atoms with Crippen LogP contribution in [0.25, 0.3) is 6.08 Å². The highest BCUT2D eigenvalue weighted by atomic mass is 79.9. The van der Waals surface area contributed by atoms with Crippen LogP contribution < -0.4 is 5.32 Å². The van der Waals surface area contributed by atoms with Gasteiger partial charge in [0.1, 0.15) is 0 Å². The van der Waals surface area contributed by atoms with Gasteiger partial charge in [-0.05, 0) is 34.5 Å². The van der Waals surface area contributed by atoms with E-state index in [0.29, 0.717) is 19.8 Å². The topological polar surface area (TPSA) is 58.6 Å². The Bertz CT molecular complexity index is 392. The van der Waals surface area contributed by atoms with E-state index in [1.165, 1.54) is 6.08 Å². The molecule has 0 radical (unpaired) electrons. The minimum absolute atomic E-state index is 0.0332. The van der Waals surface area contributed by atoms with Gasteiger partial charge in [0.15, 0.2) is 0 Å². The van der Waals surface area contributed by atoms with Crippen molar-refractivity contribution in [2.75, 3.05) is 26.4 Å². The van der Waals surface area contributed by atoms with Crippen molar-refractivity contribution in [2.45, 2.75) is 6.42 Å². The molecule has 0 unspecified atom stereocenters. The van der Waals surface area contributed by atoms with Gasteiger partial charge in [-0.3, -0.25) is 4.79 Å². The van der Waals surface area contributed by atoms with Crippen LogP contribution in [0.5, 0.6) is 0 Å². The Morgan fingerprint density at radius 1 is 1.56 bits per heavy atom. The Morgan fingerprint density at radius 2 is 2.39 bits per heavy atom. The Kier molecular flexibility index (Phi) is 7.91. The molecule has 0 saturated heterocycles. The van der Waals surface area contributed by atoms with Crippen molar-refractivity contribution in [3.05, 3.63) is 26.9 Å². The molecule has 0 saturated carbocycles. The zero-order valence-electron chi connectivity index (χ0n) is 9.89. The Balaban J connectivity index is 2.12. The van der Waals surface area contributed by atoms with E-state index >= 15 is 0 Å². The zero-order valence-corrected chi connectivity index (χ0v) is 12.3. The summed E-state index contributed by atoms with van der Waals surface area (Å²) in [4.78, 5) is 12.5. The van der Waals surface area contributed by atoms with Crippen molar-refractivity contribution >= 4 is 39.2 Å². The number of carbonyl (C=O) groups excluding carboxylic acids is 1. The second kappa shape index (κ2) is 9.27. The fourth-order valence-electron chi connectivity index (χ4n) is 1.18. The van der Waals surface area contributed by atoms with Gasteiger partial charge in [0.2, 0.25) is 5.91 Å². The van der Waals surface area contributed by atoms with Crippen LogP contribution in [0.4, 0.5) is 0 Å². The van der Waals surface area contributed by atoms with Crippen LogP contribution in [-0.4, -0.2) is 37.4 Å². The maximum Gasteiger partial charge on any atom is 0.244 e. The Morgan fingerprint density at radius 3 is 3.06 bits per heavy atom. The predicted molar refractivity (Wildman–Crippen MR) is 76.6 cm³/mol. The third-order valence-electron chi connectivity index (χ3n) is 1.99. The quantitative estimate of drug-likeness (QED) is 0.565. The molecule has 0 aliphatic carbocycles. The van der Waals surface area contributed by atoms with Crippen LogP contribution >= 0.6 is 27.3 Å². The van der Waals surface area contributed by atoms with E-state index in [1.807, 2.05) is 11.4 Å². The smallest absolute Gasteiger partial charge is 0.244 e. The summed E-state index contributed by atoms with van der Waals surface area (Å²) in [5.74, 6) is -0.110. The fraction of sp³-hybridized carbons (Fsp3) is 0.417. The van der Waals surface area contributed by atoms with Gasteiger partial charge in [0, 0.05) is 34.0 Å². The van der Waals surface area contributed by atoms with Crippen molar-refractivity contribution < 1.29 is 14.6 Å². The largest absolute Gasteiger partial charge is 0.394 e. The number of ether oxygens (including phenoxy) is 1. The SMILES string of the molecule is O=C(/C=C/c1cc(Br)cs1)NCCCOCCO. The van der Waals surface area contributed by atoms with Gasteiger partial charge in [-0.1, -0.05) is 0 Å². The summed E-state index contributed by atoms with van der Waals surface area (Å²) in [5, 5.41) is 13.2. The molecule has 18 heavy (non-hydrogen) atoms. The minimum Gasteiger partial charge on any atom is -0.394 e. The van der Waals surface area contributed by atoms with Gasteiger partial charge in [0.05, 0.1) is 13.2 Å². The molecular formula is C12H16BrNO3S. The molecule has 1 aromatic heterocycles. The highest BCUT2D eigenvalue weighted by Gasteiger charge is 1.96. The molecule has 0 bridgehead atoms. The van der Waals surface area contributed by atoms with Gasteiger partial charge >= 0.3 is 0 Å². The van der Waals surface area contributed by atoms with Gasteiger partial charge in [-0.25, -0.2) is 0 Å². The first kappa shape index (κ1) is 15.4. The molecule has 1 aromatic rings. The summed E-state index contributed by atoms with van der Waals surface area (Å²) in [6.07, 6.45) is 4.05. The predicted octanol–water partition coefficient (Wildman–Crippen LogP) is 2.04. The number of hydrogen-bond acceptors (Lipinski definition) is 4. The Labute approximate surface area is 119 Å². The standard InChI is InChI=1S/C12H16BrNO3S/c13-10-8-11(18-9-10)2-3-12(16)14-4-1-6-17-7-5-15/h2-3,8-9,15H,1,4-7H2,(H,14,16)/b3-2+. The molecule has 1 heterocycles. The van der Waals surface area contributed by atoms with Crippen LogP contribution in [0.15, 0.2) is 22.0 Å². The first-order valence-corrected chi connectivity index (χ1v) is 7.28. The van der Waals surface area contributed by atoms with Crippen molar-refractivity contribution in [2.24, 2.45) is 0 Å².